The average Bonchev–Trinajstić information content (AvgIpc) is 2.83. The maximum Gasteiger partial charge on any atom is 0.105 e. The zero-order valence-electron chi connectivity index (χ0n) is 19.8. The lowest BCUT2D eigenvalue weighted by atomic mass is 10.1. The minimum absolute atomic E-state index is 1.00. The Balaban J connectivity index is 1.79. The van der Waals surface area contributed by atoms with E-state index in [2.05, 4.69) is 110 Å². The molecule has 3 rings (SSSR count). The first kappa shape index (κ1) is 24.0. The molecule has 0 aliphatic heterocycles. The van der Waals surface area contributed by atoms with Crippen LogP contribution in [0.25, 0.3) is 0 Å². The largest absolute Gasteiger partial charge is 0.309 e. The van der Waals surface area contributed by atoms with Crippen LogP contribution in [0.15, 0.2) is 103 Å². The number of hydrogen-bond donors (Lipinski definition) is 0. The standard InChI is InChI=1S/C31H40N/c1-2-3-4-5-6-7-8-18-25-32(26-29-19-12-9-13-20-29,27-30-21-14-10-15-22-30)28-31-23-16-11-17-24-31/h8-24H,2-7,25-28H2,1H3/q+1/b18-8+. The van der Waals surface area contributed by atoms with Crippen LogP contribution in [-0.2, 0) is 19.6 Å². The fourth-order valence-electron chi connectivity index (χ4n) is 4.56. The van der Waals surface area contributed by atoms with Gasteiger partial charge in [0.2, 0.25) is 0 Å². The topological polar surface area (TPSA) is 0 Å². The van der Waals surface area contributed by atoms with Crippen LogP contribution < -0.4 is 0 Å². The first-order valence-corrected chi connectivity index (χ1v) is 12.4. The molecule has 0 bridgehead atoms. The van der Waals surface area contributed by atoms with Crippen molar-refractivity contribution in [3.8, 4) is 0 Å². The summed E-state index contributed by atoms with van der Waals surface area (Å²) >= 11 is 0. The molecule has 32 heavy (non-hydrogen) atoms. The molecule has 0 aromatic heterocycles. The fourth-order valence-corrected chi connectivity index (χ4v) is 4.56. The van der Waals surface area contributed by atoms with E-state index in [0.717, 1.165) is 30.7 Å². The molecule has 0 aliphatic rings. The Bertz CT molecular complexity index is 782. The maximum atomic E-state index is 2.45. The van der Waals surface area contributed by atoms with Gasteiger partial charge in [0.15, 0.2) is 0 Å². The van der Waals surface area contributed by atoms with Gasteiger partial charge in [0.1, 0.15) is 19.6 Å². The Hall–Kier alpha value is -2.64. The highest BCUT2D eigenvalue weighted by atomic mass is 15.3. The van der Waals surface area contributed by atoms with Crippen LogP contribution >= 0.6 is 0 Å². The Morgan fingerprint density at radius 2 is 0.969 bits per heavy atom. The second kappa shape index (κ2) is 13.7. The Morgan fingerprint density at radius 3 is 1.41 bits per heavy atom. The van der Waals surface area contributed by atoms with Crippen molar-refractivity contribution in [1.82, 2.24) is 0 Å². The number of hydrogen-bond acceptors (Lipinski definition) is 0. The summed E-state index contributed by atoms with van der Waals surface area (Å²) in [7, 11) is 0. The molecule has 3 aromatic carbocycles. The van der Waals surface area contributed by atoms with Crippen molar-refractivity contribution in [2.45, 2.75) is 65.1 Å². The van der Waals surface area contributed by atoms with Crippen LogP contribution in [0, 0.1) is 0 Å². The van der Waals surface area contributed by atoms with Gasteiger partial charge >= 0.3 is 0 Å². The molecule has 0 unspecified atom stereocenters. The second-order valence-electron chi connectivity index (χ2n) is 9.13. The second-order valence-corrected chi connectivity index (χ2v) is 9.13. The van der Waals surface area contributed by atoms with Crippen molar-refractivity contribution in [2.24, 2.45) is 0 Å². The van der Waals surface area contributed by atoms with Crippen LogP contribution in [0.2, 0.25) is 0 Å². The van der Waals surface area contributed by atoms with Gasteiger partial charge in [0, 0.05) is 16.7 Å². The molecule has 0 spiro atoms. The summed E-state index contributed by atoms with van der Waals surface area (Å²) in [4.78, 5) is 0. The third-order valence-corrected chi connectivity index (χ3v) is 6.22. The molecule has 0 atom stereocenters. The van der Waals surface area contributed by atoms with E-state index in [-0.39, 0.29) is 0 Å². The molecule has 0 aliphatic carbocycles. The van der Waals surface area contributed by atoms with Crippen LogP contribution in [0.3, 0.4) is 0 Å². The van der Waals surface area contributed by atoms with Gasteiger partial charge in [-0.15, -0.1) is 0 Å². The quantitative estimate of drug-likeness (QED) is 0.138. The van der Waals surface area contributed by atoms with Crippen molar-refractivity contribution in [1.29, 1.82) is 0 Å². The minimum Gasteiger partial charge on any atom is -0.309 e. The zero-order valence-corrected chi connectivity index (χ0v) is 19.8. The zero-order chi connectivity index (χ0) is 22.3. The van der Waals surface area contributed by atoms with Crippen molar-refractivity contribution < 1.29 is 4.48 Å². The number of benzene rings is 3. The molecule has 0 heterocycles. The van der Waals surface area contributed by atoms with E-state index < -0.39 is 0 Å². The molecule has 0 saturated carbocycles. The van der Waals surface area contributed by atoms with Gasteiger partial charge in [-0.25, -0.2) is 0 Å². The van der Waals surface area contributed by atoms with E-state index in [1.54, 1.807) is 0 Å². The number of allylic oxidation sites excluding steroid dienone is 1. The molecule has 3 aromatic rings. The van der Waals surface area contributed by atoms with Crippen LogP contribution in [-0.4, -0.2) is 11.0 Å². The van der Waals surface area contributed by atoms with E-state index in [1.807, 2.05) is 0 Å². The van der Waals surface area contributed by atoms with Crippen LogP contribution in [0.5, 0.6) is 0 Å². The van der Waals surface area contributed by atoms with Crippen molar-refractivity contribution in [3.05, 3.63) is 120 Å². The van der Waals surface area contributed by atoms with Crippen LogP contribution in [0.4, 0.5) is 0 Å². The molecular formula is C31H40N+. The number of nitrogens with zero attached hydrogens (tertiary/aromatic N) is 1. The summed E-state index contributed by atoms with van der Waals surface area (Å²) in [6.07, 6.45) is 12.8. The van der Waals surface area contributed by atoms with Crippen LogP contribution in [0.1, 0.15) is 62.1 Å². The predicted molar refractivity (Wildman–Crippen MR) is 138 cm³/mol. The van der Waals surface area contributed by atoms with E-state index >= 15 is 0 Å². The van der Waals surface area contributed by atoms with E-state index in [0.29, 0.717) is 0 Å². The Morgan fingerprint density at radius 1 is 0.531 bits per heavy atom. The number of quaternary nitrogens is 1. The molecule has 1 nitrogen and oxygen atoms in total. The van der Waals surface area contributed by atoms with E-state index in [4.69, 9.17) is 0 Å². The normalized spacial score (nSPS) is 11.8. The van der Waals surface area contributed by atoms with Gasteiger partial charge in [-0.3, -0.25) is 0 Å². The van der Waals surface area contributed by atoms with E-state index in [1.165, 1.54) is 55.2 Å². The van der Waals surface area contributed by atoms with Crippen molar-refractivity contribution >= 4 is 0 Å². The molecule has 0 N–H and O–H groups in total. The molecule has 0 saturated heterocycles. The van der Waals surface area contributed by atoms with Crippen molar-refractivity contribution in [3.63, 3.8) is 0 Å². The summed E-state index contributed by atoms with van der Waals surface area (Å²) in [5.41, 5.74) is 4.23. The molecule has 0 fully saturated rings. The third kappa shape index (κ3) is 8.48. The van der Waals surface area contributed by atoms with Gasteiger partial charge in [-0.05, 0) is 18.9 Å². The Kier molecular flexibility index (Phi) is 10.3. The van der Waals surface area contributed by atoms with E-state index in [9.17, 15) is 0 Å². The number of rotatable bonds is 14. The number of unbranched alkanes of at least 4 members (excludes halogenated alkanes) is 5. The lowest BCUT2D eigenvalue weighted by Crippen LogP contribution is -2.46. The average molecular weight is 427 g/mol. The van der Waals surface area contributed by atoms with Gasteiger partial charge in [-0.1, -0.05) is 130 Å². The lowest BCUT2D eigenvalue weighted by molar-refractivity contribution is -0.961. The third-order valence-electron chi connectivity index (χ3n) is 6.22. The highest BCUT2D eigenvalue weighted by molar-refractivity contribution is 5.17. The molecular weight excluding hydrogens is 386 g/mol. The predicted octanol–water partition coefficient (Wildman–Crippen LogP) is 8.32. The minimum atomic E-state index is 1.00. The monoisotopic (exact) mass is 426 g/mol. The van der Waals surface area contributed by atoms with Gasteiger partial charge in [0.25, 0.3) is 0 Å². The lowest BCUT2D eigenvalue weighted by Gasteiger charge is -2.38. The van der Waals surface area contributed by atoms with Crippen molar-refractivity contribution in [2.75, 3.05) is 6.54 Å². The molecule has 1 heteroatoms. The van der Waals surface area contributed by atoms with Gasteiger partial charge < -0.3 is 4.48 Å². The highest BCUT2D eigenvalue weighted by Gasteiger charge is 2.27. The molecule has 0 amide bonds. The summed E-state index contributed by atoms with van der Waals surface area (Å²) in [5.74, 6) is 0. The summed E-state index contributed by atoms with van der Waals surface area (Å²) in [6.45, 7) is 6.43. The molecule has 0 radical (unpaired) electrons. The SMILES string of the molecule is CCCCCCC/C=C/C[N+](Cc1ccccc1)(Cc1ccccc1)Cc1ccccc1. The first-order chi connectivity index (χ1) is 15.8. The Labute approximate surface area is 196 Å². The first-order valence-electron chi connectivity index (χ1n) is 12.4. The van der Waals surface area contributed by atoms with Gasteiger partial charge in [0.05, 0.1) is 6.54 Å². The summed E-state index contributed by atoms with van der Waals surface area (Å²) in [5, 5.41) is 0. The molecule has 168 valence electrons. The van der Waals surface area contributed by atoms with Gasteiger partial charge in [-0.2, -0.15) is 0 Å². The smallest absolute Gasteiger partial charge is 0.105 e. The summed E-state index contributed by atoms with van der Waals surface area (Å²) < 4.78 is 1.00. The fraction of sp³-hybridized carbons (Fsp3) is 0.355. The highest BCUT2D eigenvalue weighted by Crippen LogP contribution is 2.24. The summed E-state index contributed by atoms with van der Waals surface area (Å²) in [6, 6.07) is 33.0. The maximum absolute atomic E-state index is 2.45.